The second-order valence-corrected chi connectivity index (χ2v) is 7.99. The third-order valence-corrected chi connectivity index (χ3v) is 5.76. The minimum Gasteiger partial charge on any atom is -0.383 e. The van der Waals surface area contributed by atoms with Crippen molar-refractivity contribution in [2.75, 3.05) is 27.3 Å². The largest absolute Gasteiger partial charge is 0.383 e. The number of nitrogens with zero attached hydrogens (tertiary/aromatic N) is 1. The first-order chi connectivity index (χ1) is 12.5. The van der Waals surface area contributed by atoms with Crippen LogP contribution in [-0.4, -0.2) is 41.7 Å². The van der Waals surface area contributed by atoms with Crippen LogP contribution in [0.25, 0.3) is 0 Å². The number of aliphatic imine (C=N–C) groups is 1. The van der Waals surface area contributed by atoms with Crippen LogP contribution < -0.4 is 15.4 Å². The molecule has 0 fully saturated rings. The van der Waals surface area contributed by atoms with Gasteiger partial charge >= 0.3 is 0 Å². The van der Waals surface area contributed by atoms with Crippen molar-refractivity contribution in [1.82, 2.24) is 15.4 Å². The normalized spacial score (nSPS) is 11.7. The molecule has 2 rings (SSSR count). The van der Waals surface area contributed by atoms with Gasteiger partial charge in [0, 0.05) is 33.8 Å². The monoisotopic (exact) mass is 524 g/mol. The molecule has 1 aromatic heterocycles. The van der Waals surface area contributed by atoms with Gasteiger partial charge in [-0.25, -0.2) is 13.1 Å². The van der Waals surface area contributed by atoms with Gasteiger partial charge in [-0.1, -0.05) is 12.1 Å². The van der Waals surface area contributed by atoms with Gasteiger partial charge in [-0.3, -0.25) is 4.99 Å². The van der Waals surface area contributed by atoms with Crippen LogP contribution in [0.2, 0.25) is 0 Å². The van der Waals surface area contributed by atoms with E-state index in [1.54, 1.807) is 42.6 Å². The van der Waals surface area contributed by atoms with Crippen molar-refractivity contribution in [2.24, 2.45) is 4.99 Å². The van der Waals surface area contributed by atoms with E-state index in [0.29, 0.717) is 25.7 Å². The number of guanidine groups is 1. The van der Waals surface area contributed by atoms with Crippen LogP contribution in [0.3, 0.4) is 0 Å². The van der Waals surface area contributed by atoms with E-state index in [1.165, 1.54) is 12.7 Å². The van der Waals surface area contributed by atoms with Gasteiger partial charge in [-0.15, -0.1) is 24.0 Å². The molecule has 1 heterocycles. The number of halogens is 1. The summed E-state index contributed by atoms with van der Waals surface area (Å²) < 4.78 is 31.6. The van der Waals surface area contributed by atoms with Crippen molar-refractivity contribution in [3.8, 4) is 0 Å². The Bertz CT molecular complexity index is 794. The zero-order valence-electron chi connectivity index (χ0n) is 15.3. The fourth-order valence-electron chi connectivity index (χ4n) is 2.13. The molecule has 1 aromatic carbocycles. The Hall–Kier alpha value is -1.21. The topological polar surface area (TPSA) is 91.8 Å². The Morgan fingerprint density at radius 2 is 1.78 bits per heavy atom. The summed E-state index contributed by atoms with van der Waals surface area (Å²) in [7, 11) is -0.265. The van der Waals surface area contributed by atoms with E-state index in [1.807, 2.05) is 5.38 Å². The Morgan fingerprint density at radius 3 is 2.33 bits per heavy atom. The number of hydrogen-bond acceptors (Lipinski definition) is 5. The van der Waals surface area contributed by atoms with Gasteiger partial charge in [0.25, 0.3) is 0 Å². The lowest BCUT2D eigenvalue weighted by atomic mass is 10.2. The molecule has 0 amide bonds. The molecule has 10 heteroatoms. The molecule has 3 N–H and O–H groups in total. The summed E-state index contributed by atoms with van der Waals surface area (Å²) >= 11 is 1.66. The van der Waals surface area contributed by atoms with Crippen molar-refractivity contribution < 1.29 is 13.2 Å². The first kappa shape index (κ1) is 23.8. The molecule has 0 aliphatic rings. The highest BCUT2D eigenvalue weighted by atomic mass is 127. The maximum absolute atomic E-state index is 12.1. The lowest BCUT2D eigenvalue weighted by Gasteiger charge is -2.12. The van der Waals surface area contributed by atoms with Gasteiger partial charge < -0.3 is 15.4 Å². The van der Waals surface area contributed by atoms with Gasteiger partial charge in [0.15, 0.2) is 5.96 Å². The molecule has 0 aliphatic heterocycles. The van der Waals surface area contributed by atoms with Crippen LogP contribution in [-0.2, 0) is 27.8 Å². The minimum atomic E-state index is -3.50. The summed E-state index contributed by atoms with van der Waals surface area (Å²) in [6, 6.07) is 8.81. The van der Waals surface area contributed by atoms with E-state index in [9.17, 15) is 8.42 Å². The van der Waals surface area contributed by atoms with Crippen LogP contribution in [0.15, 0.2) is 51.0 Å². The van der Waals surface area contributed by atoms with Crippen LogP contribution in [0, 0.1) is 0 Å². The average Bonchev–Trinajstić information content (AvgIpc) is 3.16. The average molecular weight is 524 g/mol. The maximum atomic E-state index is 12.1. The maximum Gasteiger partial charge on any atom is 0.240 e. The summed E-state index contributed by atoms with van der Waals surface area (Å²) in [5.41, 5.74) is 2.16. The smallest absolute Gasteiger partial charge is 0.240 e. The highest BCUT2D eigenvalue weighted by Gasteiger charge is 2.12. The molecule has 150 valence electrons. The van der Waals surface area contributed by atoms with Crippen molar-refractivity contribution >= 4 is 51.3 Å². The van der Waals surface area contributed by atoms with Crippen molar-refractivity contribution in [3.05, 3.63) is 52.2 Å². The molecular weight excluding hydrogens is 499 g/mol. The molecule has 0 bridgehead atoms. The molecular formula is C17H25IN4O3S2. The number of thiophene rings is 1. The molecule has 0 saturated heterocycles. The number of ether oxygens (including phenoxy) is 1. The highest BCUT2D eigenvalue weighted by Crippen LogP contribution is 2.10. The second-order valence-electron chi connectivity index (χ2n) is 5.45. The summed E-state index contributed by atoms with van der Waals surface area (Å²) in [6.45, 7) is 1.82. The lowest BCUT2D eigenvalue weighted by Crippen LogP contribution is -2.36. The molecule has 0 spiro atoms. The fraction of sp³-hybridized carbons (Fsp3) is 0.353. The van der Waals surface area contributed by atoms with E-state index < -0.39 is 10.0 Å². The summed E-state index contributed by atoms with van der Waals surface area (Å²) in [5.74, 6) is 0.689. The predicted molar refractivity (Wildman–Crippen MR) is 120 cm³/mol. The van der Waals surface area contributed by atoms with Crippen LogP contribution in [0.1, 0.15) is 11.1 Å². The molecule has 0 saturated carbocycles. The number of rotatable bonds is 9. The number of benzene rings is 1. The third kappa shape index (κ3) is 8.13. The Labute approximate surface area is 181 Å². The van der Waals surface area contributed by atoms with E-state index in [0.717, 1.165) is 5.56 Å². The number of nitrogens with one attached hydrogen (secondary N) is 3. The molecule has 0 radical (unpaired) electrons. The zero-order chi connectivity index (χ0) is 18.8. The van der Waals surface area contributed by atoms with Crippen molar-refractivity contribution in [2.45, 2.75) is 18.0 Å². The molecule has 7 nitrogen and oxygen atoms in total. The molecule has 0 unspecified atom stereocenters. The van der Waals surface area contributed by atoms with E-state index in [4.69, 9.17) is 4.74 Å². The number of sulfonamides is 1. The first-order valence-electron chi connectivity index (χ1n) is 8.08. The quantitative estimate of drug-likeness (QED) is 0.203. The van der Waals surface area contributed by atoms with Gasteiger partial charge in [0.05, 0.1) is 11.5 Å². The summed E-state index contributed by atoms with van der Waals surface area (Å²) in [5, 5.41) is 10.6. The Kier molecular flexibility index (Phi) is 10.8. The zero-order valence-corrected chi connectivity index (χ0v) is 19.2. The van der Waals surface area contributed by atoms with Crippen LogP contribution >= 0.6 is 35.3 Å². The van der Waals surface area contributed by atoms with Gasteiger partial charge in [0.1, 0.15) is 0 Å². The summed E-state index contributed by atoms with van der Waals surface area (Å²) in [4.78, 5) is 4.41. The van der Waals surface area contributed by atoms with Crippen molar-refractivity contribution in [3.63, 3.8) is 0 Å². The SMILES string of the molecule is CN=C(NCc1ccc(S(=O)(=O)NCCOC)cc1)NCc1ccsc1.I. The Morgan fingerprint density at radius 1 is 1.11 bits per heavy atom. The number of methoxy groups -OCH3 is 1. The van der Waals surface area contributed by atoms with Gasteiger partial charge in [0.2, 0.25) is 10.0 Å². The third-order valence-electron chi connectivity index (χ3n) is 3.56. The first-order valence-corrected chi connectivity index (χ1v) is 10.5. The van der Waals surface area contributed by atoms with E-state index in [2.05, 4.69) is 31.8 Å². The van der Waals surface area contributed by atoms with Crippen LogP contribution in [0.5, 0.6) is 0 Å². The van der Waals surface area contributed by atoms with Crippen LogP contribution in [0.4, 0.5) is 0 Å². The number of hydrogen-bond donors (Lipinski definition) is 3. The van der Waals surface area contributed by atoms with E-state index >= 15 is 0 Å². The predicted octanol–water partition coefficient (Wildman–Crippen LogP) is 2.16. The van der Waals surface area contributed by atoms with Gasteiger partial charge in [-0.2, -0.15) is 11.3 Å². The Balaban J connectivity index is 0.00000364. The highest BCUT2D eigenvalue weighted by molar-refractivity contribution is 14.0. The molecule has 0 aliphatic carbocycles. The fourth-order valence-corrected chi connectivity index (χ4v) is 3.82. The molecule has 0 atom stereocenters. The standard InChI is InChI=1S/C17H24N4O3S2.HI/c1-18-17(20-12-15-7-10-25-13-15)19-11-14-3-5-16(6-4-14)26(22,23)21-8-9-24-2;/h3-7,10,13,21H,8-9,11-12H2,1-2H3,(H2,18,19,20);1H. The van der Waals surface area contributed by atoms with E-state index in [-0.39, 0.29) is 35.4 Å². The molecule has 27 heavy (non-hydrogen) atoms. The molecule has 2 aromatic rings. The minimum absolute atomic E-state index is 0. The lowest BCUT2D eigenvalue weighted by molar-refractivity contribution is 0.204. The second kappa shape index (κ2) is 12.3. The van der Waals surface area contributed by atoms with Gasteiger partial charge in [-0.05, 0) is 40.1 Å². The summed E-state index contributed by atoms with van der Waals surface area (Å²) in [6.07, 6.45) is 0. The van der Waals surface area contributed by atoms with Crippen molar-refractivity contribution in [1.29, 1.82) is 0 Å².